The van der Waals surface area contributed by atoms with Crippen molar-refractivity contribution >= 4 is 23.0 Å². The van der Waals surface area contributed by atoms with E-state index in [0.717, 1.165) is 18.0 Å². The smallest absolute Gasteiger partial charge is 0.170 e. The van der Waals surface area contributed by atoms with Crippen LogP contribution in [-0.4, -0.2) is 42.3 Å². The summed E-state index contributed by atoms with van der Waals surface area (Å²) in [6, 6.07) is 8.94. The number of ether oxygens (including phenoxy) is 1. The number of thiocarbonyl (C=S) groups is 1. The van der Waals surface area contributed by atoms with E-state index in [1.54, 1.807) is 7.11 Å². The summed E-state index contributed by atoms with van der Waals surface area (Å²) in [5, 5.41) is 7.19. The van der Waals surface area contributed by atoms with Crippen molar-refractivity contribution in [2.75, 3.05) is 25.5 Å². The summed E-state index contributed by atoms with van der Waals surface area (Å²) in [6.45, 7) is 6.64. The molecule has 1 heterocycles. The molecule has 1 aromatic carbocycles. The molecule has 2 rings (SSSR count). The Morgan fingerprint density at radius 2 is 2.27 bits per heavy atom. The van der Waals surface area contributed by atoms with Gasteiger partial charge in [0.2, 0.25) is 0 Å². The Morgan fingerprint density at radius 1 is 1.45 bits per heavy atom. The molecule has 1 fully saturated rings. The molecule has 1 aromatic rings. The van der Waals surface area contributed by atoms with Gasteiger partial charge in [-0.3, -0.25) is 4.90 Å². The molecule has 0 aliphatic carbocycles. The lowest BCUT2D eigenvalue weighted by Gasteiger charge is -2.38. The fourth-order valence-electron chi connectivity index (χ4n) is 3.01. The number of methoxy groups -OCH3 is 1. The van der Waals surface area contributed by atoms with Crippen molar-refractivity contribution in [3.8, 4) is 5.75 Å². The van der Waals surface area contributed by atoms with E-state index in [1.807, 2.05) is 24.3 Å². The Balaban J connectivity index is 1.79. The summed E-state index contributed by atoms with van der Waals surface area (Å²) in [6.07, 6.45) is 3.96. The first-order chi connectivity index (χ1) is 10.6. The number of rotatable bonds is 5. The molecule has 1 aliphatic rings. The molecule has 0 amide bonds. The fraction of sp³-hybridized carbons (Fsp3) is 0.588. The molecule has 5 heteroatoms. The average Bonchev–Trinajstić information content (AvgIpc) is 2.53. The number of nitrogens with zero attached hydrogens (tertiary/aromatic N) is 1. The highest BCUT2D eigenvalue weighted by molar-refractivity contribution is 7.80. The molecule has 0 radical (unpaired) electrons. The number of piperidine rings is 1. The van der Waals surface area contributed by atoms with Crippen LogP contribution < -0.4 is 15.4 Å². The van der Waals surface area contributed by atoms with Crippen LogP contribution >= 0.6 is 12.2 Å². The van der Waals surface area contributed by atoms with E-state index in [1.165, 1.54) is 25.8 Å². The lowest BCUT2D eigenvalue weighted by molar-refractivity contribution is 0.116. The van der Waals surface area contributed by atoms with Gasteiger partial charge in [-0.05, 0) is 57.6 Å². The standard InChI is InChI=1S/C17H27N3OS/c1-13-7-4-5-10-20(13)14(2)12-18-17(22)19-15-8-6-9-16(11-15)21-3/h6,8-9,11,13-14H,4-5,7,10,12H2,1-3H3,(H2,18,19,22)/t13-,14-/m1/s1. The summed E-state index contributed by atoms with van der Waals surface area (Å²) in [7, 11) is 1.66. The first-order valence-corrected chi connectivity index (χ1v) is 8.45. The highest BCUT2D eigenvalue weighted by atomic mass is 32.1. The van der Waals surface area contributed by atoms with Crippen molar-refractivity contribution in [1.82, 2.24) is 10.2 Å². The largest absolute Gasteiger partial charge is 0.497 e. The molecule has 2 N–H and O–H groups in total. The summed E-state index contributed by atoms with van der Waals surface area (Å²) in [5.74, 6) is 0.823. The van der Waals surface area contributed by atoms with Gasteiger partial charge in [-0.2, -0.15) is 0 Å². The maximum atomic E-state index is 5.38. The maximum Gasteiger partial charge on any atom is 0.170 e. The van der Waals surface area contributed by atoms with Gasteiger partial charge < -0.3 is 15.4 Å². The van der Waals surface area contributed by atoms with E-state index in [-0.39, 0.29) is 0 Å². The molecule has 2 atom stereocenters. The minimum Gasteiger partial charge on any atom is -0.497 e. The number of hydrogen-bond donors (Lipinski definition) is 2. The lowest BCUT2D eigenvalue weighted by Crippen LogP contribution is -2.48. The van der Waals surface area contributed by atoms with Crippen molar-refractivity contribution in [3.63, 3.8) is 0 Å². The van der Waals surface area contributed by atoms with E-state index >= 15 is 0 Å². The highest BCUT2D eigenvalue weighted by Gasteiger charge is 2.22. The van der Waals surface area contributed by atoms with Gasteiger partial charge in [-0.15, -0.1) is 0 Å². The third-order valence-electron chi connectivity index (χ3n) is 4.31. The quantitative estimate of drug-likeness (QED) is 0.814. The highest BCUT2D eigenvalue weighted by Crippen LogP contribution is 2.19. The molecule has 0 unspecified atom stereocenters. The number of anilines is 1. The molecule has 0 spiro atoms. The first-order valence-electron chi connectivity index (χ1n) is 8.05. The molecule has 0 bridgehead atoms. The van der Waals surface area contributed by atoms with Gasteiger partial charge in [0.15, 0.2) is 5.11 Å². The molecule has 122 valence electrons. The summed E-state index contributed by atoms with van der Waals surface area (Å²) in [5.41, 5.74) is 0.941. The summed E-state index contributed by atoms with van der Waals surface area (Å²) < 4.78 is 5.22. The molecular weight excluding hydrogens is 294 g/mol. The van der Waals surface area contributed by atoms with Crippen LogP contribution in [0.1, 0.15) is 33.1 Å². The molecule has 1 saturated heterocycles. The molecule has 0 saturated carbocycles. The van der Waals surface area contributed by atoms with Crippen LogP contribution in [0.3, 0.4) is 0 Å². The summed E-state index contributed by atoms with van der Waals surface area (Å²) >= 11 is 5.38. The van der Waals surface area contributed by atoms with Gasteiger partial charge in [0, 0.05) is 30.4 Å². The fourth-order valence-corrected chi connectivity index (χ4v) is 3.21. The zero-order chi connectivity index (χ0) is 15.9. The number of hydrogen-bond acceptors (Lipinski definition) is 3. The van der Waals surface area contributed by atoms with Gasteiger partial charge in [-0.1, -0.05) is 12.5 Å². The SMILES string of the molecule is COc1cccc(NC(=S)NC[C@@H](C)N2CCCC[C@H]2C)c1. The Labute approximate surface area is 139 Å². The second-order valence-electron chi connectivity index (χ2n) is 6.00. The van der Waals surface area contributed by atoms with Crippen molar-refractivity contribution in [1.29, 1.82) is 0 Å². The molecule has 22 heavy (non-hydrogen) atoms. The minimum atomic E-state index is 0.486. The molecule has 1 aliphatic heterocycles. The van der Waals surface area contributed by atoms with Crippen molar-refractivity contribution < 1.29 is 4.74 Å². The normalized spacial score (nSPS) is 20.2. The predicted molar refractivity (Wildman–Crippen MR) is 96.7 cm³/mol. The van der Waals surface area contributed by atoms with Crippen LogP contribution in [0.2, 0.25) is 0 Å². The lowest BCUT2D eigenvalue weighted by atomic mass is 10.0. The Hall–Kier alpha value is -1.33. The summed E-state index contributed by atoms with van der Waals surface area (Å²) in [4.78, 5) is 2.57. The van der Waals surface area contributed by atoms with Crippen LogP contribution in [-0.2, 0) is 0 Å². The van der Waals surface area contributed by atoms with Crippen LogP contribution in [0.5, 0.6) is 5.75 Å². The van der Waals surface area contributed by atoms with Crippen LogP contribution in [0.25, 0.3) is 0 Å². The second kappa shape index (κ2) is 8.34. The zero-order valence-corrected chi connectivity index (χ0v) is 14.6. The van der Waals surface area contributed by atoms with Gasteiger partial charge in [0.1, 0.15) is 5.75 Å². The van der Waals surface area contributed by atoms with E-state index in [0.29, 0.717) is 17.2 Å². The number of nitrogens with one attached hydrogen (secondary N) is 2. The predicted octanol–water partition coefficient (Wildman–Crippen LogP) is 3.24. The van der Waals surface area contributed by atoms with Crippen molar-refractivity contribution in [2.24, 2.45) is 0 Å². The number of likely N-dealkylation sites (tertiary alicyclic amines) is 1. The maximum absolute atomic E-state index is 5.38. The second-order valence-corrected chi connectivity index (χ2v) is 6.41. The topological polar surface area (TPSA) is 36.5 Å². The van der Waals surface area contributed by atoms with Gasteiger partial charge in [0.05, 0.1) is 7.11 Å². The zero-order valence-electron chi connectivity index (χ0n) is 13.8. The Bertz CT molecular complexity index is 495. The van der Waals surface area contributed by atoms with E-state index in [2.05, 4.69) is 29.4 Å². The number of benzene rings is 1. The Kier molecular flexibility index (Phi) is 6.46. The van der Waals surface area contributed by atoms with Gasteiger partial charge in [-0.25, -0.2) is 0 Å². The third kappa shape index (κ3) is 4.85. The van der Waals surface area contributed by atoms with Gasteiger partial charge >= 0.3 is 0 Å². The van der Waals surface area contributed by atoms with E-state index in [4.69, 9.17) is 17.0 Å². The third-order valence-corrected chi connectivity index (χ3v) is 4.55. The average molecular weight is 321 g/mol. The molecule has 0 aromatic heterocycles. The Morgan fingerprint density at radius 3 is 3.00 bits per heavy atom. The van der Waals surface area contributed by atoms with Crippen LogP contribution in [0, 0.1) is 0 Å². The minimum absolute atomic E-state index is 0.486. The first kappa shape index (κ1) is 17.0. The van der Waals surface area contributed by atoms with Crippen molar-refractivity contribution in [3.05, 3.63) is 24.3 Å². The van der Waals surface area contributed by atoms with E-state index < -0.39 is 0 Å². The molecular formula is C17H27N3OS. The monoisotopic (exact) mass is 321 g/mol. The van der Waals surface area contributed by atoms with Gasteiger partial charge in [0.25, 0.3) is 0 Å². The van der Waals surface area contributed by atoms with E-state index in [9.17, 15) is 0 Å². The van der Waals surface area contributed by atoms with Crippen LogP contribution in [0.4, 0.5) is 5.69 Å². The van der Waals surface area contributed by atoms with Crippen molar-refractivity contribution in [2.45, 2.75) is 45.2 Å². The molecule has 4 nitrogen and oxygen atoms in total. The van der Waals surface area contributed by atoms with Crippen LogP contribution in [0.15, 0.2) is 24.3 Å².